The first kappa shape index (κ1) is 53.0. The van der Waals surface area contributed by atoms with Crippen LogP contribution in [0.15, 0.2) is 83.5 Å². The van der Waals surface area contributed by atoms with Crippen molar-refractivity contribution in [2.75, 3.05) is 56.7 Å². The summed E-state index contributed by atoms with van der Waals surface area (Å²) in [5.74, 6) is 0.962. The molecule has 4 aromatic rings. The van der Waals surface area contributed by atoms with E-state index in [4.69, 9.17) is 13.9 Å². The molecule has 15 nitrogen and oxygen atoms in total. The molecule has 6 amide bonds. The van der Waals surface area contributed by atoms with Gasteiger partial charge in [0.1, 0.15) is 18.2 Å². The Morgan fingerprint density at radius 3 is 2.42 bits per heavy atom. The maximum Gasteiger partial charge on any atom is 0.254 e. The number of benzene rings is 3. The topological polar surface area (TPSA) is 206 Å². The number of aryl methyl sites for hydroxylation is 3. The standard InChI is InChI=1S/C58H74N6O9/c1-38-11-17-44-41(33-38)14-18-46-45(44)23-26-58(2)42(15-19-48(46)58)36-72-37-55(68)61-29-8-30-71-31-25-53(66)60-28-7-3-6-27-59-52(65)10-5-4-9-39-12-20-49-47(34-39)56(69)64-50(57(70)63-49)21-22-54(67)62-43-16-13-40-24-32-73-51(40)35-43/h11-13,15-17,19-20,24,32-35,42,45-46,48,50H,3-10,14,18,21-23,25-31,36-37H2,1-2H3,(H,59,65)(H,60,66)(H,61,68)(H,62,67)(H,63,70)(H,64,69)/t42?,45?,46?,48?,50?,58-/m1/s1. The number of hydrogen-bond donors (Lipinski definition) is 6. The summed E-state index contributed by atoms with van der Waals surface area (Å²) in [6.07, 6.45) is 17.3. The molecule has 1 aliphatic heterocycles. The Morgan fingerprint density at radius 1 is 0.767 bits per heavy atom. The Bertz CT molecular complexity index is 2630. The summed E-state index contributed by atoms with van der Waals surface area (Å²) in [4.78, 5) is 76.0. The maximum absolute atomic E-state index is 13.2. The van der Waals surface area contributed by atoms with Gasteiger partial charge in [-0.2, -0.15) is 0 Å². The van der Waals surface area contributed by atoms with Crippen LogP contribution in [0.4, 0.5) is 11.4 Å². The molecule has 4 aliphatic rings. The summed E-state index contributed by atoms with van der Waals surface area (Å²) in [6, 6.07) is 18.7. The van der Waals surface area contributed by atoms with Crippen LogP contribution in [0.5, 0.6) is 0 Å². The van der Waals surface area contributed by atoms with Crippen LogP contribution in [0.25, 0.3) is 11.0 Å². The van der Waals surface area contributed by atoms with Crippen molar-refractivity contribution in [3.63, 3.8) is 0 Å². The zero-order valence-electron chi connectivity index (χ0n) is 42.6. The van der Waals surface area contributed by atoms with Gasteiger partial charge in [0.05, 0.1) is 30.7 Å². The van der Waals surface area contributed by atoms with Crippen molar-refractivity contribution < 1.29 is 42.7 Å². The minimum atomic E-state index is -0.871. The van der Waals surface area contributed by atoms with E-state index in [0.717, 1.165) is 36.6 Å². The predicted molar refractivity (Wildman–Crippen MR) is 281 cm³/mol. The van der Waals surface area contributed by atoms with E-state index < -0.39 is 6.04 Å². The van der Waals surface area contributed by atoms with Crippen LogP contribution in [0, 0.1) is 30.1 Å². The zero-order valence-corrected chi connectivity index (χ0v) is 42.6. The highest BCUT2D eigenvalue weighted by Gasteiger charge is 2.52. The van der Waals surface area contributed by atoms with E-state index in [1.165, 1.54) is 31.2 Å². The van der Waals surface area contributed by atoms with Gasteiger partial charge in [-0.3, -0.25) is 28.8 Å². The summed E-state index contributed by atoms with van der Waals surface area (Å²) >= 11 is 0. The first-order valence-electron chi connectivity index (χ1n) is 26.7. The third kappa shape index (κ3) is 14.3. The molecule has 6 N–H and O–H groups in total. The molecular formula is C58H74N6O9. The van der Waals surface area contributed by atoms with Crippen molar-refractivity contribution in [1.29, 1.82) is 0 Å². The van der Waals surface area contributed by atoms with Crippen LogP contribution >= 0.6 is 0 Å². The second-order valence-electron chi connectivity index (χ2n) is 20.8. The summed E-state index contributed by atoms with van der Waals surface area (Å²) < 4.78 is 17.0. The fourth-order valence-electron chi connectivity index (χ4n) is 11.5. The molecule has 2 heterocycles. The van der Waals surface area contributed by atoms with Crippen LogP contribution in [0.1, 0.15) is 129 Å². The number of fused-ring (bicyclic) bond motifs is 7. The summed E-state index contributed by atoms with van der Waals surface area (Å²) in [6.45, 7) is 7.63. The number of carbonyl (C=O) groups excluding carboxylic acids is 6. The number of hydrogen-bond acceptors (Lipinski definition) is 9. The Balaban J connectivity index is 0.589. The SMILES string of the molecule is Cc1ccc2c(c1)CCC1C2CC[C@]2(C)C(COCC(=O)NCCCOCCC(=O)NCCCCCNC(=O)CCCCc3ccc4c(c3)C(=O)NC(CCC(=O)Nc3ccc5ccoc5c3)C(=O)N4)C=CC12. The molecule has 0 saturated heterocycles. The van der Waals surface area contributed by atoms with Gasteiger partial charge in [-0.15, -0.1) is 0 Å². The lowest BCUT2D eigenvalue weighted by Gasteiger charge is -2.51. The minimum absolute atomic E-state index is 0.00902. The lowest BCUT2D eigenvalue weighted by molar-refractivity contribution is -0.127. The van der Waals surface area contributed by atoms with Crippen molar-refractivity contribution in [2.24, 2.45) is 23.2 Å². The quantitative estimate of drug-likeness (QED) is 0.0265. The van der Waals surface area contributed by atoms with Crippen LogP contribution in [-0.4, -0.2) is 87.5 Å². The molecule has 3 aliphatic carbocycles. The zero-order chi connectivity index (χ0) is 51.2. The molecule has 1 saturated carbocycles. The van der Waals surface area contributed by atoms with Gasteiger partial charge >= 0.3 is 0 Å². The molecule has 0 spiro atoms. The number of furan rings is 1. The van der Waals surface area contributed by atoms with Crippen LogP contribution < -0.4 is 31.9 Å². The van der Waals surface area contributed by atoms with E-state index >= 15 is 0 Å². The van der Waals surface area contributed by atoms with Crippen molar-refractivity contribution in [3.8, 4) is 0 Å². The van der Waals surface area contributed by atoms with Gasteiger partial charge in [-0.25, -0.2) is 0 Å². The monoisotopic (exact) mass is 999 g/mol. The van der Waals surface area contributed by atoms with Gasteiger partial charge in [0, 0.05) is 68.6 Å². The third-order valence-corrected chi connectivity index (χ3v) is 15.6. The Hall–Kier alpha value is -6.32. The fourth-order valence-corrected chi connectivity index (χ4v) is 11.5. The second-order valence-corrected chi connectivity index (χ2v) is 20.8. The van der Waals surface area contributed by atoms with Crippen molar-refractivity contribution >= 4 is 57.8 Å². The molecule has 0 radical (unpaired) electrons. The molecule has 0 bridgehead atoms. The Kier molecular flexibility index (Phi) is 18.6. The molecule has 73 heavy (non-hydrogen) atoms. The van der Waals surface area contributed by atoms with Crippen molar-refractivity contribution in [2.45, 2.75) is 122 Å². The highest BCUT2D eigenvalue weighted by Crippen LogP contribution is 2.60. The van der Waals surface area contributed by atoms with Gasteiger partial charge in [0.2, 0.25) is 29.5 Å². The van der Waals surface area contributed by atoms with Gasteiger partial charge in [-0.05, 0) is 154 Å². The average Bonchev–Trinajstić information content (AvgIpc) is 3.96. The molecule has 15 heteroatoms. The van der Waals surface area contributed by atoms with Gasteiger partial charge in [0.15, 0.2) is 0 Å². The van der Waals surface area contributed by atoms with E-state index in [-0.39, 0.29) is 66.7 Å². The van der Waals surface area contributed by atoms with Gasteiger partial charge in [-0.1, -0.05) is 48.9 Å². The average molecular weight is 999 g/mol. The maximum atomic E-state index is 13.2. The highest BCUT2D eigenvalue weighted by atomic mass is 16.5. The molecule has 3 aromatic carbocycles. The predicted octanol–water partition coefficient (Wildman–Crippen LogP) is 8.20. The van der Waals surface area contributed by atoms with E-state index in [1.807, 2.05) is 18.2 Å². The molecule has 1 aromatic heterocycles. The van der Waals surface area contributed by atoms with E-state index in [2.05, 4.69) is 76.1 Å². The number of anilines is 2. The fraction of sp³-hybridized carbons (Fsp3) is 0.517. The number of unbranched alkanes of at least 4 members (excludes halogenated alkanes) is 3. The lowest BCUT2D eigenvalue weighted by atomic mass is 9.54. The van der Waals surface area contributed by atoms with Gasteiger partial charge in [0.25, 0.3) is 5.91 Å². The van der Waals surface area contributed by atoms with Crippen LogP contribution in [0.2, 0.25) is 0 Å². The molecule has 6 atom stereocenters. The first-order chi connectivity index (χ1) is 35.4. The summed E-state index contributed by atoms with van der Waals surface area (Å²) in [5.41, 5.74) is 7.60. The molecule has 390 valence electrons. The van der Waals surface area contributed by atoms with Gasteiger partial charge < -0.3 is 45.8 Å². The molecule has 8 rings (SSSR count). The van der Waals surface area contributed by atoms with Crippen LogP contribution in [0.3, 0.4) is 0 Å². The number of rotatable bonds is 26. The first-order valence-corrected chi connectivity index (χ1v) is 26.7. The van der Waals surface area contributed by atoms with Crippen molar-refractivity contribution in [3.05, 3.63) is 107 Å². The largest absolute Gasteiger partial charge is 0.464 e. The minimum Gasteiger partial charge on any atom is -0.464 e. The summed E-state index contributed by atoms with van der Waals surface area (Å²) in [5, 5.41) is 18.2. The number of allylic oxidation sites excluding steroid dienone is 1. The molecule has 5 unspecified atom stereocenters. The van der Waals surface area contributed by atoms with Crippen LogP contribution in [-0.2, 0) is 46.3 Å². The number of nitrogens with one attached hydrogen (secondary N) is 6. The molecular weight excluding hydrogens is 925 g/mol. The second kappa shape index (κ2) is 25.6. The number of amides is 6. The third-order valence-electron chi connectivity index (χ3n) is 15.6. The van der Waals surface area contributed by atoms with E-state index in [1.54, 1.807) is 41.7 Å². The highest BCUT2D eigenvalue weighted by molar-refractivity contribution is 6.10. The normalized spacial score (nSPS) is 21.7. The lowest BCUT2D eigenvalue weighted by Crippen LogP contribution is -2.44. The Labute approximate surface area is 429 Å². The summed E-state index contributed by atoms with van der Waals surface area (Å²) in [7, 11) is 0. The van der Waals surface area contributed by atoms with Crippen molar-refractivity contribution in [1.82, 2.24) is 21.3 Å². The molecule has 1 fully saturated rings. The number of carbonyl (C=O) groups is 6. The number of ether oxygens (including phenoxy) is 2. The van der Waals surface area contributed by atoms with E-state index in [0.29, 0.717) is 111 Å². The van der Waals surface area contributed by atoms with E-state index in [9.17, 15) is 28.8 Å². The Morgan fingerprint density at radius 2 is 1.58 bits per heavy atom. The smallest absolute Gasteiger partial charge is 0.254 e.